The van der Waals surface area contributed by atoms with Gasteiger partial charge in [-0.3, -0.25) is 0 Å². The third-order valence-corrected chi connectivity index (χ3v) is 2.15. The van der Waals surface area contributed by atoms with E-state index < -0.39 is 12.8 Å². The van der Waals surface area contributed by atoms with E-state index in [1.807, 2.05) is 0 Å². The van der Waals surface area contributed by atoms with Gasteiger partial charge in [0, 0.05) is 0 Å². The van der Waals surface area contributed by atoms with E-state index in [0.717, 1.165) is 0 Å². The topological polar surface area (TPSA) is 44.5 Å². The molecule has 3 nitrogen and oxygen atoms in total. The highest BCUT2D eigenvalue weighted by Gasteiger charge is 2.29. The highest BCUT2D eigenvalue weighted by atomic mass is 19.4. The number of hydrogen-bond acceptors (Lipinski definition) is 3. The van der Waals surface area contributed by atoms with E-state index >= 15 is 0 Å². The van der Waals surface area contributed by atoms with Gasteiger partial charge in [0.25, 0.3) is 0 Å². The van der Waals surface area contributed by atoms with Crippen LogP contribution in [-0.4, -0.2) is 25.9 Å². The lowest BCUT2D eigenvalue weighted by Gasteiger charge is -2.16. The van der Waals surface area contributed by atoms with E-state index in [1.54, 1.807) is 25.1 Å². The van der Waals surface area contributed by atoms with Crippen molar-refractivity contribution in [3.05, 3.63) is 23.8 Å². The van der Waals surface area contributed by atoms with Crippen LogP contribution in [0.25, 0.3) is 0 Å². The SMILES string of the molecule is CCOc1cccc(CCN)c1OCC(F)(F)F. The third-order valence-electron chi connectivity index (χ3n) is 2.15. The highest BCUT2D eigenvalue weighted by molar-refractivity contribution is 5.46. The maximum absolute atomic E-state index is 12.2. The second kappa shape index (κ2) is 6.49. The second-order valence-electron chi connectivity index (χ2n) is 3.62. The van der Waals surface area contributed by atoms with Gasteiger partial charge in [0.05, 0.1) is 6.61 Å². The minimum atomic E-state index is -4.38. The lowest BCUT2D eigenvalue weighted by atomic mass is 10.1. The summed E-state index contributed by atoms with van der Waals surface area (Å²) in [5, 5.41) is 0. The van der Waals surface area contributed by atoms with Gasteiger partial charge in [-0.1, -0.05) is 12.1 Å². The van der Waals surface area contributed by atoms with Gasteiger partial charge in [-0.05, 0) is 31.5 Å². The fraction of sp³-hybridized carbons (Fsp3) is 0.500. The first kappa shape index (κ1) is 14.6. The molecule has 1 aromatic rings. The molecule has 0 amide bonds. The monoisotopic (exact) mass is 263 g/mol. The van der Waals surface area contributed by atoms with Crippen LogP contribution in [0.3, 0.4) is 0 Å². The number of benzene rings is 1. The van der Waals surface area contributed by atoms with Crippen molar-refractivity contribution < 1.29 is 22.6 Å². The first-order valence-electron chi connectivity index (χ1n) is 5.62. The predicted octanol–water partition coefficient (Wildman–Crippen LogP) is 2.53. The Hall–Kier alpha value is -1.43. The molecular formula is C12H16F3NO2. The van der Waals surface area contributed by atoms with Gasteiger partial charge < -0.3 is 15.2 Å². The van der Waals surface area contributed by atoms with Gasteiger partial charge >= 0.3 is 6.18 Å². The summed E-state index contributed by atoms with van der Waals surface area (Å²) >= 11 is 0. The molecule has 0 heterocycles. The largest absolute Gasteiger partial charge is 0.490 e. The average molecular weight is 263 g/mol. The van der Waals surface area contributed by atoms with Crippen LogP contribution >= 0.6 is 0 Å². The van der Waals surface area contributed by atoms with Crippen molar-refractivity contribution >= 4 is 0 Å². The van der Waals surface area contributed by atoms with Crippen molar-refractivity contribution in [3.63, 3.8) is 0 Å². The maximum atomic E-state index is 12.2. The highest BCUT2D eigenvalue weighted by Crippen LogP contribution is 2.33. The van der Waals surface area contributed by atoms with Crippen LogP contribution in [0.5, 0.6) is 11.5 Å². The average Bonchev–Trinajstić information content (AvgIpc) is 2.28. The fourth-order valence-electron chi connectivity index (χ4n) is 1.50. The van der Waals surface area contributed by atoms with Gasteiger partial charge in [-0.15, -0.1) is 0 Å². The number of hydrogen-bond donors (Lipinski definition) is 1. The van der Waals surface area contributed by atoms with E-state index in [-0.39, 0.29) is 5.75 Å². The van der Waals surface area contributed by atoms with Crippen LogP contribution in [0.15, 0.2) is 18.2 Å². The zero-order valence-corrected chi connectivity index (χ0v) is 10.1. The van der Waals surface area contributed by atoms with Crippen LogP contribution in [0.1, 0.15) is 12.5 Å². The molecule has 0 atom stereocenters. The third kappa shape index (κ3) is 4.44. The summed E-state index contributed by atoms with van der Waals surface area (Å²) < 4.78 is 46.6. The molecule has 0 radical (unpaired) electrons. The van der Waals surface area contributed by atoms with E-state index in [4.69, 9.17) is 15.2 Å². The van der Waals surface area contributed by atoms with Gasteiger partial charge in [0.1, 0.15) is 0 Å². The number of nitrogens with two attached hydrogens (primary N) is 1. The molecule has 0 aliphatic heterocycles. The molecule has 2 N–H and O–H groups in total. The van der Waals surface area contributed by atoms with Gasteiger partial charge in [-0.2, -0.15) is 13.2 Å². The molecule has 6 heteroatoms. The zero-order valence-electron chi connectivity index (χ0n) is 10.1. The molecule has 0 saturated heterocycles. The number of rotatable bonds is 6. The Morgan fingerprint density at radius 1 is 1.22 bits per heavy atom. The maximum Gasteiger partial charge on any atom is 0.422 e. The smallest absolute Gasteiger partial charge is 0.422 e. The standard InChI is InChI=1S/C12H16F3NO2/c1-2-17-10-5-3-4-9(6-7-16)11(10)18-8-12(13,14)15/h3-5H,2,6-8,16H2,1H3. The first-order valence-corrected chi connectivity index (χ1v) is 5.62. The minimum Gasteiger partial charge on any atom is -0.490 e. The predicted molar refractivity (Wildman–Crippen MR) is 61.9 cm³/mol. The van der Waals surface area contributed by atoms with E-state index in [0.29, 0.717) is 30.9 Å². The minimum absolute atomic E-state index is 0.127. The van der Waals surface area contributed by atoms with Gasteiger partial charge in [0.15, 0.2) is 18.1 Å². The molecule has 0 saturated carbocycles. The Balaban J connectivity index is 2.94. The van der Waals surface area contributed by atoms with Crippen LogP contribution in [0.2, 0.25) is 0 Å². The Morgan fingerprint density at radius 2 is 1.94 bits per heavy atom. The van der Waals surface area contributed by atoms with Crippen molar-refractivity contribution in [2.24, 2.45) is 5.73 Å². The molecule has 18 heavy (non-hydrogen) atoms. The number of halogens is 3. The number of alkyl halides is 3. The van der Waals surface area contributed by atoms with E-state index in [9.17, 15) is 13.2 Å². The van der Waals surface area contributed by atoms with Gasteiger partial charge in [0.2, 0.25) is 0 Å². The Labute approximate surface area is 104 Å². The van der Waals surface area contributed by atoms with E-state index in [1.165, 1.54) is 0 Å². The molecule has 0 bridgehead atoms. The molecule has 1 rings (SSSR count). The Morgan fingerprint density at radius 3 is 2.50 bits per heavy atom. The van der Waals surface area contributed by atoms with Crippen molar-refractivity contribution in [2.75, 3.05) is 19.8 Å². The molecule has 0 fully saturated rings. The lowest BCUT2D eigenvalue weighted by molar-refractivity contribution is -0.153. The normalized spacial score (nSPS) is 11.4. The summed E-state index contributed by atoms with van der Waals surface area (Å²) in [5.74, 6) is 0.440. The number of para-hydroxylation sites is 1. The van der Waals surface area contributed by atoms with Crippen LogP contribution in [0, 0.1) is 0 Å². The molecule has 1 aromatic carbocycles. The molecule has 0 aliphatic carbocycles. The molecule has 102 valence electrons. The van der Waals surface area contributed by atoms with Crippen molar-refractivity contribution in [1.82, 2.24) is 0 Å². The summed E-state index contributed by atoms with van der Waals surface area (Å²) in [7, 11) is 0. The summed E-state index contributed by atoms with van der Waals surface area (Å²) in [4.78, 5) is 0. The Bertz CT molecular complexity index is 356. The Kier molecular flexibility index (Phi) is 5.27. The van der Waals surface area contributed by atoms with Crippen molar-refractivity contribution in [1.29, 1.82) is 0 Å². The van der Waals surface area contributed by atoms with Gasteiger partial charge in [-0.25, -0.2) is 0 Å². The van der Waals surface area contributed by atoms with Crippen LogP contribution in [0.4, 0.5) is 13.2 Å². The summed E-state index contributed by atoms with van der Waals surface area (Å²) in [5.41, 5.74) is 6.04. The molecule has 0 unspecified atom stereocenters. The molecule has 0 spiro atoms. The first-order chi connectivity index (χ1) is 8.48. The van der Waals surface area contributed by atoms with Crippen LogP contribution < -0.4 is 15.2 Å². The quantitative estimate of drug-likeness (QED) is 0.857. The molecular weight excluding hydrogens is 247 g/mol. The second-order valence-corrected chi connectivity index (χ2v) is 3.62. The summed E-state index contributed by atoms with van der Waals surface area (Å²) in [6.07, 6.45) is -3.94. The summed E-state index contributed by atoms with van der Waals surface area (Å²) in [6, 6.07) is 4.97. The summed E-state index contributed by atoms with van der Waals surface area (Å²) in [6.45, 7) is 1.10. The molecule has 0 aromatic heterocycles. The van der Waals surface area contributed by atoms with E-state index in [2.05, 4.69) is 0 Å². The fourth-order valence-corrected chi connectivity index (χ4v) is 1.50. The zero-order chi connectivity index (χ0) is 13.6. The lowest BCUT2D eigenvalue weighted by Crippen LogP contribution is -2.20. The van der Waals surface area contributed by atoms with Crippen LogP contribution in [-0.2, 0) is 6.42 Å². The van der Waals surface area contributed by atoms with Crippen molar-refractivity contribution in [3.8, 4) is 11.5 Å². The molecule has 0 aliphatic rings. The number of ether oxygens (including phenoxy) is 2. The van der Waals surface area contributed by atoms with Crippen molar-refractivity contribution in [2.45, 2.75) is 19.5 Å².